The predicted molar refractivity (Wildman–Crippen MR) is 152 cm³/mol. The summed E-state index contributed by atoms with van der Waals surface area (Å²) >= 11 is 17.5. The monoisotopic (exact) mass is 862 g/mol. The number of halogens is 4. The number of hydrogen-bond donors (Lipinski definition) is 0. The first-order chi connectivity index (χ1) is 12.5. The first kappa shape index (κ1) is 21.0. The van der Waals surface area contributed by atoms with Crippen molar-refractivity contribution >= 4 is 136 Å². The molecule has 0 fully saturated rings. The van der Waals surface area contributed by atoms with Crippen LogP contribution in [0.3, 0.4) is 0 Å². The molecular weight excluding hydrogens is 852 g/mol. The van der Waals surface area contributed by atoms with Gasteiger partial charge in [-0.1, -0.05) is 0 Å². The Kier molecular flexibility index (Phi) is 7.46. The van der Waals surface area contributed by atoms with Gasteiger partial charge in [-0.2, -0.15) is 0 Å². The van der Waals surface area contributed by atoms with Gasteiger partial charge in [0.1, 0.15) is 0 Å². The van der Waals surface area contributed by atoms with Gasteiger partial charge in [0.2, 0.25) is 0 Å². The molecule has 0 N–H and O–H groups in total. The molecule has 0 aliphatic heterocycles. The van der Waals surface area contributed by atoms with Gasteiger partial charge < -0.3 is 0 Å². The number of thiophene rings is 4. The molecule has 4 heterocycles. The van der Waals surface area contributed by atoms with E-state index < -0.39 is 0 Å². The lowest BCUT2D eigenvalue weighted by molar-refractivity contribution is 0.741. The largest absolute Gasteiger partial charge is 0.134 e. The highest BCUT2D eigenvalue weighted by atomic mass is 127. The Bertz CT molecular complexity index is 863. The molecule has 0 spiro atoms. The molecule has 0 aromatic carbocycles. The molecule has 4 rings (SSSR count). The quantitative estimate of drug-likeness (QED) is 0.176. The van der Waals surface area contributed by atoms with Crippen LogP contribution in [-0.2, 0) is 0 Å². The second kappa shape index (κ2) is 9.25. The molecule has 26 heavy (non-hydrogen) atoms. The molecule has 0 aliphatic rings. The average molecular weight is 862 g/mol. The maximum Gasteiger partial charge on any atom is 0.0656 e. The van der Waals surface area contributed by atoms with E-state index in [1.807, 2.05) is 45.3 Å². The lowest BCUT2D eigenvalue weighted by Crippen LogP contribution is -2.10. The summed E-state index contributed by atoms with van der Waals surface area (Å²) in [7, 11) is 0. The minimum absolute atomic E-state index is 0.376. The van der Waals surface area contributed by atoms with E-state index >= 15 is 0 Å². The van der Waals surface area contributed by atoms with Crippen LogP contribution >= 0.6 is 136 Å². The Labute approximate surface area is 223 Å². The van der Waals surface area contributed by atoms with Crippen LogP contribution in [0.25, 0.3) is 0 Å². The minimum Gasteiger partial charge on any atom is -0.134 e. The molecule has 0 atom stereocenters. The maximum absolute atomic E-state index is 2.44. The van der Waals surface area contributed by atoms with Crippen LogP contribution in [0.5, 0.6) is 0 Å². The van der Waals surface area contributed by atoms with Gasteiger partial charge in [0.25, 0.3) is 0 Å². The first-order valence-corrected chi connectivity index (χ1v) is 15.1. The second-order valence-electron chi connectivity index (χ2n) is 5.52. The topological polar surface area (TPSA) is 0 Å². The molecule has 4 aromatic heterocycles. The molecule has 0 saturated carbocycles. The van der Waals surface area contributed by atoms with Crippen LogP contribution in [-0.4, -0.2) is 0 Å². The molecule has 0 nitrogen and oxygen atoms in total. The molecule has 0 saturated heterocycles. The first-order valence-electron chi connectivity index (χ1n) is 7.52. The van der Waals surface area contributed by atoms with Crippen LogP contribution in [0, 0.1) is 11.5 Å². The van der Waals surface area contributed by atoms with Gasteiger partial charge in [0, 0.05) is 31.3 Å². The van der Waals surface area contributed by atoms with Crippen LogP contribution in [0.1, 0.15) is 31.3 Å². The van der Waals surface area contributed by atoms with Gasteiger partial charge in [-0.25, -0.2) is 0 Å². The third-order valence-corrected chi connectivity index (χ3v) is 11.8. The molecule has 0 bridgehead atoms. The SMILES string of the molecule is Ic1ccc(C(c2ccc(I)s2)C(c2ccc(I)s2)c2ccc(I)s2)s1. The van der Waals surface area contributed by atoms with E-state index in [4.69, 9.17) is 0 Å². The van der Waals surface area contributed by atoms with Gasteiger partial charge >= 0.3 is 0 Å². The Morgan fingerprint density at radius 2 is 0.654 bits per heavy atom. The Balaban J connectivity index is 1.91. The van der Waals surface area contributed by atoms with E-state index in [1.165, 1.54) is 31.0 Å². The molecule has 0 amide bonds. The lowest BCUT2D eigenvalue weighted by atomic mass is 9.87. The van der Waals surface area contributed by atoms with Gasteiger partial charge in [-0.05, 0) is 139 Å². The highest BCUT2D eigenvalue weighted by Gasteiger charge is 2.32. The van der Waals surface area contributed by atoms with Crippen molar-refractivity contribution in [1.82, 2.24) is 0 Å². The van der Waals surface area contributed by atoms with Crippen molar-refractivity contribution in [3.8, 4) is 0 Å². The molecule has 4 aromatic rings. The van der Waals surface area contributed by atoms with Crippen molar-refractivity contribution in [3.63, 3.8) is 0 Å². The molecule has 0 radical (unpaired) electrons. The fraction of sp³-hybridized carbons (Fsp3) is 0.111. The summed E-state index contributed by atoms with van der Waals surface area (Å²) in [6.07, 6.45) is 0. The van der Waals surface area contributed by atoms with E-state index in [1.54, 1.807) is 0 Å². The Morgan fingerprint density at radius 3 is 0.808 bits per heavy atom. The van der Waals surface area contributed by atoms with Crippen molar-refractivity contribution in [2.45, 2.75) is 11.8 Å². The van der Waals surface area contributed by atoms with Crippen molar-refractivity contribution in [2.75, 3.05) is 0 Å². The summed E-state index contributed by atoms with van der Waals surface area (Å²) in [6.45, 7) is 0. The summed E-state index contributed by atoms with van der Waals surface area (Å²) in [5, 5.41) is 0. The molecule has 134 valence electrons. The van der Waals surface area contributed by atoms with E-state index in [-0.39, 0.29) is 0 Å². The third kappa shape index (κ3) is 4.72. The summed E-state index contributed by atoms with van der Waals surface area (Å²) in [5.74, 6) is 0.752. The predicted octanol–water partition coefficient (Wildman–Crippen LogP) is 9.31. The van der Waals surface area contributed by atoms with Crippen LogP contribution < -0.4 is 0 Å². The van der Waals surface area contributed by atoms with E-state index in [0.29, 0.717) is 11.8 Å². The van der Waals surface area contributed by atoms with Gasteiger partial charge in [0.15, 0.2) is 0 Å². The number of hydrogen-bond acceptors (Lipinski definition) is 4. The lowest BCUT2D eigenvalue weighted by Gasteiger charge is -2.24. The minimum atomic E-state index is 0.376. The second-order valence-corrected chi connectivity index (χ2v) is 17.6. The van der Waals surface area contributed by atoms with Crippen LogP contribution in [0.4, 0.5) is 0 Å². The van der Waals surface area contributed by atoms with Crippen molar-refractivity contribution < 1.29 is 0 Å². The van der Waals surface area contributed by atoms with Gasteiger partial charge in [0.05, 0.1) is 11.5 Å². The summed E-state index contributed by atoms with van der Waals surface area (Å²) in [4.78, 5) is 5.85. The van der Waals surface area contributed by atoms with E-state index in [0.717, 1.165) is 0 Å². The highest BCUT2D eigenvalue weighted by Crippen LogP contribution is 2.50. The zero-order valence-electron chi connectivity index (χ0n) is 12.9. The third-order valence-electron chi connectivity index (χ3n) is 3.94. The average Bonchev–Trinajstić information content (AvgIpc) is 3.36. The van der Waals surface area contributed by atoms with Crippen molar-refractivity contribution in [1.29, 1.82) is 0 Å². The Morgan fingerprint density at radius 1 is 0.423 bits per heavy atom. The fourth-order valence-electron chi connectivity index (χ4n) is 2.92. The standard InChI is InChI=1S/C18H10I4S4/c19-13-5-1-9(23-13)17(10-2-6-14(20)24-10)18(11-3-7-15(21)25-11)12-4-8-16(22)26-12/h1-8,17-18H. The zero-order chi connectivity index (χ0) is 18.3. The molecule has 0 unspecified atom stereocenters. The summed E-state index contributed by atoms with van der Waals surface area (Å²) < 4.78 is 5.42. The van der Waals surface area contributed by atoms with E-state index in [2.05, 4.69) is 139 Å². The number of rotatable bonds is 5. The van der Waals surface area contributed by atoms with Crippen LogP contribution in [0.2, 0.25) is 0 Å². The van der Waals surface area contributed by atoms with Gasteiger partial charge in [-0.3, -0.25) is 0 Å². The summed E-state index contributed by atoms with van der Waals surface area (Å²) in [6, 6.07) is 18.3. The summed E-state index contributed by atoms with van der Waals surface area (Å²) in [5.41, 5.74) is 0. The van der Waals surface area contributed by atoms with E-state index in [9.17, 15) is 0 Å². The fourth-order valence-corrected chi connectivity index (χ4v) is 10.4. The molecule has 0 aliphatic carbocycles. The Hall–Kier alpha value is 1.72. The van der Waals surface area contributed by atoms with Crippen molar-refractivity contribution in [2.24, 2.45) is 0 Å². The normalized spacial score (nSPS) is 11.8. The smallest absolute Gasteiger partial charge is 0.0656 e. The van der Waals surface area contributed by atoms with Gasteiger partial charge in [-0.15, -0.1) is 45.3 Å². The molecular formula is C18H10I4S4. The molecule has 8 heteroatoms. The highest BCUT2D eigenvalue weighted by molar-refractivity contribution is 14.1. The van der Waals surface area contributed by atoms with Crippen LogP contribution in [0.15, 0.2) is 48.5 Å². The van der Waals surface area contributed by atoms with Crippen molar-refractivity contribution in [3.05, 3.63) is 79.6 Å². The maximum atomic E-state index is 2.44. The zero-order valence-corrected chi connectivity index (χ0v) is 24.8.